The van der Waals surface area contributed by atoms with Gasteiger partial charge in [-0.3, -0.25) is 9.89 Å². The Balaban J connectivity index is 0.00000210. The van der Waals surface area contributed by atoms with Crippen LogP contribution in [-0.2, 0) is 0 Å². The molecule has 1 aliphatic heterocycles. The molecular weight excluding hydrogens is 455 g/mol. The lowest BCUT2D eigenvalue weighted by Gasteiger charge is -2.27. The summed E-state index contributed by atoms with van der Waals surface area (Å²) in [5.41, 5.74) is 0. The van der Waals surface area contributed by atoms with Gasteiger partial charge in [-0.2, -0.15) is 0 Å². The van der Waals surface area contributed by atoms with Gasteiger partial charge in [0.15, 0.2) is 17.5 Å². The van der Waals surface area contributed by atoms with Crippen LogP contribution < -0.4 is 20.1 Å². The van der Waals surface area contributed by atoms with E-state index in [1.54, 1.807) is 0 Å². The van der Waals surface area contributed by atoms with E-state index in [1.165, 1.54) is 32.2 Å². The fraction of sp³-hybridized carbons (Fsp3) is 0.650. The van der Waals surface area contributed by atoms with Crippen molar-refractivity contribution in [1.82, 2.24) is 15.5 Å². The second-order valence-electron chi connectivity index (χ2n) is 7.55. The topological polar surface area (TPSA) is 58.1 Å². The third-order valence-corrected chi connectivity index (χ3v) is 5.23. The third-order valence-electron chi connectivity index (χ3n) is 5.23. The smallest absolute Gasteiger partial charge is 0.191 e. The molecule has 0 spiro atoms. The molecule has 0 aromatic heterocycles. The van der Waals surface area contributed by atoms with E-state index in [4.69, 9.17) is 9.47 Å². The number of para-hydroxylation sites is 2. The first-order valence-electron chi connectivity index (χ1n) is 9.89. The number of hydrogen-bond donors (Lipinski definition) is 2. The van der Waals surface area contributed by atoms with Gasteiger partial charge in [-0.1, -0.05) is 12.1 Å². The van der Waals surface area contributed by atoms with Gasteiger partial charge in [-0.25, -0.2) is 0 Å². The van der Waals surface area contributed by atoms with Gasteiger partial charge in [-0.05, 0) is 43.7 Å². The summed E-state index contributed by atoms with van der Waals surface area (Å²) in [4.78, 5) is 6.99. The first-order chi connectivity index (χ1) is 12.8. The van der Waals surface area contributed by atoms with Crippen LogP contribution in [0, 0.1) is 5.92 Å². The number of rotatable bonds is 8. The lowest BCUT2D eigenvalue weighted by atomic mass is 10.2. The molecule has 2 fully saturated rings. The normalized spacial score (nSPS) is 21.6. The Kier molecular flexibility index (Phi) is 7.46. The molecular formula is C20H31IN4O2. The van der Waals surface area contributed by atoms with Gasteiger partial charge in [0, 0.05) is 32.7 Å². The van der Waals surface area contributed by atoms with Crippen LogP contribution in [0.4, 0.5) is 0 Å². The van der Waals surface area contributed by atoms with E-state index < -0.39 is 0 Å². The van der Waals surface area contributed by atoms with Gasteiger partial charge >= 0.3 is 0 Å². The van der Waals surface area contributed by atoms with Gasteiger partial charge in [0.25, 0.3) is 0 Å². The molecule has 3 aliphatic rings. The fourth-order valence-electron chi connectivity index (χ4n) is 3.41. The predicted molar refractivity (Wildman–Crippen MR) is 118 cm³/mol. The van der Waals surface area contributed by atoms with Crippen LogP contribution in [0.1, 0.15) is 25.7 Å². The Bertz CT molecular complexity index is 634. The highest BCUT2D eigenvalue weighted by Gasteiger charge is 2.33. The molecule has 0 radical (unpaired) electrons. The monoisotopic (exact) mass is 486 g/mol. The van der Waals surface area contributed by atoms with Gasteiger partial charge < -0.3 is 20.1 Å². The Morgan fingerprint density at radius 2 is 1.93 bits per heavy atom. The highest BCUT2D eigenvalue weighted by atomic mass is 127. The van der Waals surface area contributed by atoms with E-state index in [1.807, 2.05) is 31.3 Å². The van der Waals surface area contributed by atoms with Crippen molar-refractivity contribution in [2.75, 3.05) is 39.8 Å². The average Bonchev–Trinajstić information content (AvgIpc) is 3.56. The number of hydrogen-bond acceptors (Lipinski definition) is 4. The third kappa shape index (κ3) is 6.14. The molecule has 150 valence electrons. The fourth-order valence-corrected chi connectivity index (χ4v) is 3.41. The highest BCUT2D eigenvalue weighted by Crippen LogP contribution is 2.34. The van der Waals surface area contributed by atoms with Crippen LogP contribution in [0.25, 0.3) is 0 Å². The van der Waals surface area contributed by atoms with Gasteiger partial charge in [0.05, 0.1) is 6.54 Å². The van der Waals surface area contributed by atoms with Crippen molar-refractivity contribution in [2.45, 2.75) is 37.8 Å². The number of nitrogens with one attached hydrogen (secondary N) is 2. The molecule has 1 aromatic rings. The molecule has 0 saturated heterocycles. The molecule has 4 rings (SSSR count). The van der Waals surface area contributed by atoms with Gasteiger partial charge in [0.2, 0.25) is 0 Å². The summed E-state index contributed by atoms with van der Waals surface area (Å²) in [6, 6.07) is 8.64. The predicted octanol–water partition coefficient (Wildman–Crippen LogP) is 2.48. The maximum Gasteiger partial charge on any atom is 0.191 e. The maximum absolute atomic E-state index is 5.98. The standard InChI is InChI=1S/C20H30N4O2.HI/c1-21-20(22-10-11-24(16-8-9-16)13-15-6-7-15)23-12-17-14-25-18-4-2-3-5-19(18)26-17;/h2-5,15-17H,6-14H2,1H3,(H2,21,22,23);1H. The largest absolute Gasteiger partial charge is 0.486 e. The minimum Gasteiger partial charge on any atom is -0.486 e. The minimum atomic E-state index is -0.0127. The molecule has 2 saturated carbocycles. The second kappa shape index (κ2) is 9.82. The second-order valence-corrected chi connectivity index (χ2v) is 7.55. The highest BCUT2D eigenvalue weighted by molar-refractivity contribution is 14.0. The molecule has 1 aromatic carbocycles. The van der Waals surface area contributed by atoms with E-state index in [9.17, 15) is 0 Å². The number of nitrogens with zero attached hydrogens (tertiary/aromatic N) is 2. The molecule has 1 atom stereocenters. The number of halogens is 1. The Morgan fingerprint density at radius 1 is 1.15 bits per heavy atom. The van der Waals surface area contributed by atoms with E-state index >= 15 is 0 Å². The summed E-state index contributed by atoms with van der Waals surface area (Å²) in [6.45, 7) is 4.53. The van der Waals surface area contributed by atoms with E-state index in [0.717, 1.165) is 42.5 Å². The SMILES string of the molecule is CN=C(NCCN(CC1CC1)C1CC1)NCC1COc2ccccc2O1.I. The van der Waals surface area contributed by atoms with Crippen LogP contribution in [0.3, 0.4) is 0 Å². The van der Waals surface area contributed by atoms with Crippen molar-refractivity contribution < 1.29 is 9.47 Å². The number of guanidine groups is 1. The zero-order chi connectivity index (χ0) is 17.8. The van der Waals surface area contributed by atoms with Crippen LogP contribution in [-0.4, -0.2) is 62.8 Å². The molecule has 7 heteroatoms. The van der Waals surface area contributed by atoms with Crippen molar-refractivity contribution in [1.29, 1.82) is 0 Å². The summed E-state index contributed by atoms with van der Waals surface area (Å²) < 4.78 is 11.7. The van der Waals surface area contributed by atoms with Gasteiger partial charge in [0.1, 0.15) is 12.7 Å². The molecule has 1 heterocycles. The first-order valence-corrected chi connectivity index (χ1v) is 9.89. The summed E-state index contributed by atoms with van der Waals surface area (Å²) in [7, 11) is 1.81. The molecule has 0 bridgehead atoms. The van der Waals surface area contributed by atoms with E-state index in [2.05, 4.69) is 20.5 Å². The minimum absolute atomic E-state index is 0. The number of aliphatic imine (C=N–C) groups is 1. The Labute approximate surface area is 179 Å². The molecule has 0 amide bonds. The Hall–Kier alpha value is -1.22. The average molecular weight is 486 g/mol. The summed E-state index contributed by atoms with van der Waals surface area (Å²) in [5.74, 6) is 3.42. The maximum atomic E-state index is 5.98. The lowest BCUT2D eigenvalue weighted by molar-refractivity contribution is 0.0936. The summed E-state index contributed by atoms with van der Waals surface area (Å²) in [6.07, 6.45) is 5.58. The molecule has 2 N–H and O–H groups in total. The molecule has 2 aliphatic carbocycles. The van der Waals surface area contributed by atoms with Crippen molar-refractivity contribution in [3.63, 3.8) is 0 Å². The molecule has 1 unspecified atom stereocenters. The molecule has 6 nitrogen and oxygen atoms in total. The zero-order valence-corrected chi connectivity index (χ0v) is 18.4. The molecule has 27 heavy (non-hydrogen) atoms. The van der Waals surface area contributed by atoms with E-state index in [0.29, 0.717) is 13.2 Å². The zero-order valence-electron chi connectivity index (χ0n) is 16.0. The number of ether oxygens (including phenoxy) is 2. The van der Waals surface area contributed by atoms with Crippen molar-refractivity contribution in [3.8, 4) is 11.5 Å². The first kappa shape index (κ1) is 20.5. The van der Waals surface area contributed by atoms with Crippen LogP contribution in [0.5, 0.6) is 11.5 Å². The quantitative estimate of drug-likeness (QED) is 0.336. The summed E-state index contributed by atoms with van der Waals surface area (Å²) in [5, 5.41) is 6.79. The van der Waals surface area contributed by atoms with Crippen molar-refractivity contribution in [2.24, 2.45) is 10.9 Å². The van der Waals surface area contributed by atoms with E-state index in [-0.39, 0.29) is 30.1 Å². The van der Waals surface area contributed by atoms with Gasteiger partial charge in [-0.15, -0.1) is 24.0 Å². The number of fused-ring (bicyclic) bond motifs is 1. The van der Waals surface area contributed by atoms with Crippen LogP contribution in [0.2, 0.25) is 0 Å². The lowest BCUT2D eigenvalue weighted by Crippen LogP contribution is -2.47. The summed E-state index contributed by atoms with van der Waals surface area (Å²) >= 11 is 0. The van der Waals surface area contributed by atoms with Crippen LogP contribution in [0.15, 0.2) is 29.3 Å². The van der Waals surface area contributed by atoms with Crippen LogP contribution >= 0.6 is 24.0 Å². The van der Waals surface area contributed by atoms with Crippen molar-refractivity contribution >= 4 is 29.9 Å². The van der Waals surface area contributed by atoms with Crippen molar-refractivity contribution in [3.05, 3.63) is 24.3 Å². The number of benzene rings is 1. The Morgan fingerprint density at radius 3 is 2.63 bits per heavy atom.